The predicted molar refractivity (Wildman–Crippen MR) is 102 cm³/mol. The topological polar surface area (TPSA) is 90.9 Å². The Balaban J connectivity index is 1.75. The van der Waals surface area contributed by atoms with Crippen molar-refractivity contribution in [3.63, 3.8) is 0 Å². The molecule has 0 aliphatic heterocycles. The van der Waals surface area contributed by atoms with Gasteiger partial charge in [0, 0.05) is 17.8 Å². The molecule has 0 amide bonds. The lowest BCUT2D eigenvalue weighted by Crippen LogP contribution is -2.11. The van der Waals surface area contributed by atoms with Gasteiger partial charge in [-0.05, 0) is 31.2 Å². The fourth-order valence-electron chi connectivity index (χ4n) is 2.97. The summed E-state index contributed by atoms with van der Waals surface area (Å²) in [5.41, 5.74) is 6.45. The SMILES string of the molecule is Cc1nc2cc(F)ccc2n1-c1nc(N)c(F)c(Nc2ccc(OC(F)F)c(F)c2)n1. The highest BCUT2D eigenvalue weighted by Gasteiger charge is 2.18. The maximum atomic E-state index is 14.5. The number of rotatable bonds is 5. The molecular weight excluding hydrogens is 423 g/mol. The molecule has 2 aromatic carbocycles. The van der Waals surface area contributed by atoms with Crippen molar-refractivity contribution in [2.24, 2.45) is 0 Å². The summed E-state index contributed by atoms with van der Waals surface area (Å²) in [5, 5.41) is 2.53. The van der Waals surface area contributed by atoms with E-state index in [0.717, 1.165) is 12.1 Å². The van der Waals surface area contributed by atoms with Crippen LogP contribution in [0.2, 0.25) is 0 Å². The molecule has 31 heavy (non-hydrogen) atoms. The summed E-state index contributed by atoms with van der Waals surface area (Å²) in [5.74, 6) is -3.83. The third-order valence-corrected chi connectivity index (χ3v) is 4.26. The molecule has 7 nitrogen and oxygen atoms in total. The summed E-state index contributed by atoms with van der Waals surface area (Å²) in [6.45, 7) is -1.58. The van der Waals surface area contributed by atoms with E-state index in [-0.39, 0.29) is 11.6 Å². The second kappa shape index (κ2) is 7.70. The summed E-state index contributed by atoms with van der Waals surface area (Å²) in [6.07, 6.45) is 0. The molecule has 0 radical (unpaired) electrons. The van der Waals surface area contributed by atoms with Crippen molar-refractivity contribution in [3.05, 3.63) is 59.7 Å². The van der Waals surface area contributed by atoms with Crippen molar-refractivity contribution in [1.29, 1.82) is 0 Å². The summed E-state index contributed by atoms with van der Waals surface area (Å²) in [4.78, 5) is 12.2. The number of benzene rings is 2. The number of ether oxygens (including phenoxy) is 1. The predicted octanol–water partition coefficient (Wildman–Crippen LogP) is 4.47. The smallest absolute Gasteiger partial charge is 0.387 e. The van der Waals surface area contributed by atoms with Crippen molar-refractivity contribution >= 4 is 28.4 Å². The molecule has 0 atom stereocenters. The first-order chi connectivity index (χ1) is 14.7. The van der Waals surface area contributed by atoms with E-state index in [2.05, 4.69) is 25.0 Å². The molecule has 4 aromatic rings. The molecule has 0 saturated heterocycles. The summed E-state index contributed by atoms with van der Waals surface area (Å²) >= 11 is 0. The van der Waals surface area contributed by atoms with E-state index >= 15 is 0 Å². The number of hydrogen-bond acceptors (Lipinski definition) is 6. The molecule has 160 valence electrons. The lowest BCUT2D eigenvalue weighted by molar-refractivity contribution is -0.0521. The van der Waals surface area contributed by atoms with Crippen molar-refractivity contribution in [3.8, 4) is 11.7 Å². The number of nitrogen functional groups attached to an aromatic ring is 1. The Morgan fingerprint density at radius 3 is 2.52 bits per heavy atom. The molecule has 2 heterocycles. The Labute approximate surface area is 171 Å². The van der Waals surface area contributed by atoms with Crippen LogP contribution in [-0.2, 0) is 0 Å². The maximum absolute atomic E-state index is 14.5. The van der Waals surface area contributed by atoms with Crippen LogP contribution in [0.3, 0.4) is 0 Å². The van der Waals surface area contributed by atoms with E-state index in [1.165, 1.54) is 28.8 Å². The van der Waals surface area contributed by atoms with Crippen LogP contribution in [0.1, 0.15) is 5.82 Å². The Hall–Kier alpha value is -3.96. The molecule has 3 N–H and O–H groups in total. The molecule has 0 aliphatic rings. The van der Waals surface area contributed by atoms with E-state index in [0.29, 0.717) is 16.9 Å². The molecule has 4 rings (SSSR count). The number of nitrogens with zero attached hydrogens (tertiary/aromatic N) is 4. The number of nitrogens with one attached hydrogen (secondary N) is 1. The Bertz CT molecular complexity index is 1290. The monoisotopic (exact) mass is 436 g/mol. The highest BCUT2D eigenvalue weighted by atomic mass is 19.3. The number of fused-ring (bicyclic) bond motifs is 1. The fraction of sp³-hybridized carbons (Fsp3) is 0.105. The normalized spacial score (nSPS) is 11.3. The van der Waals surface area contributed by atoms with Gasteiger partial charge < -0.3 is 15.8 Å². The summed E-state index contributed by atoms with van der Waals surface area (Å²) < 4.78 is 72.0. The van der Waals surface area contributed by atoms with Gasteiger partial charge in [0.25, 0.3) is 0 Å². The van der Waals surface area contributed by atoms with E-state index < -0.39 is 41.4 Å². The molecule has 0 bridgehead atoms. The van der Waals surface area contributed by atoms with Crippen LogP contribution in [0.4, 0.5) is 39.3 Å². The number of aryl methyl sites for hydroxylation is 1. The van der Waals surface area contributed by atoms with Gasteiger partial charge in [-0.1, -0.05) is 0 Å². The van der Waals surface area contributed by atoms with Gasteiger partial charge in [0.05, 0.1) is 11.0 Å². The summed E-state index contributed by atoms with van der Waals surface area (Å²) in [6, 6.07) is 6.87. The van der Waals surface area contributed by atoms with Crippen LogP contribution in [0.25, 0.3) is 17.0 Å². The lowest BCUT2D eigenvalue weighted by Gasteiger charge is -2.12. The third-order valence-electron chi connectivity index (χ3n) is 4.26. The van der Waals surface area contributed by atoms with Crippen LogP contribution >= 0.6 is 0 Å². The van der Waals surface area contributed by atoms with Crippen LogP contribution in [0.5, 0.6) is 5.75 Å². The fourth-order valence-corrected chi connectivity index (χ4v) is 2.97. The van der Waals surface area contributed by atoms with Gasteiger partial charge in [-0.3, -0.25) is 4.57 Å². The second-order valence-electron chi connectivity index (χ2n) is 6.35. The van der Waals surface area contributed by atoms with Gasteiger partial charge in [0.2, 0.25) is 11.8 Å². The van der Waals surface area contributed by atoms with Gasteiger partial charge in [0.1, 0.15) is 11.6 Å². The Kier molecular flexibility index (Phi) is 5.05. The molecule has 0 spiro atoms. The van der Waals surface area contributed by atoms with Crippen LogP contribution in [-0.4, -0.2) is 26.1 Å². The highest BCUT2D eigenvalue weighted by Crippen LogP contribution is 2.28. The summed E-state index contributed by atoms with van der Waals surface area (Å²) in [7, 11) is 0. The molecule has 12 heteroatoms. The van der Waals surface area contributed by atoms with E-state index in [1.54, 1.807) is 6.92 Å². The first kappa shape index (κ1) is 20.3. The molecule has 0 aliphatic carbocycles. The zero-order chi connectivity index (χ0) is 22.3. The standard InChI is InChI=1S/C19H13F5N6O/c1-8-26-12-6-9(20)2-4-13(12)30(8)19-28-16(25)15(22)17(29-19)27-10-3-5-14(11(21)7-10)31-18(23)24/h2-7,18H,1H3,(H3,25,27,28,29). The Morgan fingerprint density at radius 1 is 1.03 bits per heavy atom. The highest BCUT2D eigenvalue weighted by molar-refractivity contribution is 5.78. The van der Waals surface area contributed by atoms with Crippen LogP contribution in [0.15, 0.2) is 36.4 Å². The number of aromatic nitrogens is 4. The first-order valence-corrected chi connectivity index (χ1v) is 8.72. The molecule has 0 saturated carbocycles. The van der Waals surface area contributed by atoms with Gasteiger partial charge >= 0.3 is 6.61 Å². The zero-order valence-corrected chi connectivity index (χ0v) is 15.7. The second-order valence-corrected chi connectivity index (χ2v) is 6.35. The number of anilines is 3. The molecular formula is C19H13F5N6O. The molecule has 0 fully saturated rings. The first-order valence-electron chi connectivity index (χ1n) is 8.72. The third kappa shape index (κ3) is 3.91. The number of nitrogens with two attached hydrogens (primary N) is 1. The minimum Gasteiger partial charge on any atom is -0.432 e. The van der Waals surface area contributed by atoms with E-state index in [9.17, 15) is 22.0 Å². The van der Waals surface area contributed by atoms with E-state index in [4.69, 9.17) is 5.73 Å². The zero-order valence-electron chi connectivity index (χ0n) is 15.7. The minimum absolute atomic E-state index is 0.00338. The van der Waals surface area contributed by atoms with E-state index in [1.807, 2.05) is 0 Å². The quantitative estimate of drug-likeness (QED) is 0.449. The van der Waals surface area contributed by atoms with Gasteiger partial charge in [0.15, 0.2) is 23.2 Å². The minimum atomic E-state index is -3.20. The maximum Gasteiger partial charge on any atom is 0.387 e. The van der Waals surface area contributed by atoms with Gasteiger partial charge in [-0.25, -0.2) is 13.8 Å². The van der Waals surface area contributed by atoms with Crippen molar-refractivity contribution < 1.29 is 26.7 Å². The van der Waals surface area contributed by atoms with Gasteiger partial charge in [-0.15, -0.1) is 0 Å². The van der Waals surface area contributed by atoms with Crippen molar-refractivity contribution in [2.75, 3.05) is 11.1 Å². The average molecular weight is 436 g/mol. The van der Waals surface area contributed by atoms with Crippen LogP contribution < -0.4 is 15.8 Å². The number of imidazole rings is 1. The number of alkyl halides is 2. The number of hydrogen-bond donors (Lipinski definition) is 2. The lowest BCUT2D eigenvalue weighted by atomic mass is 10.3. The molecule has 2 aromatic heterocycles. The largest absolute Gasteiger partial charge is 0.432 e. The number of halogens is 5. The van der Waals surface area contributed by atoms with Crippen LogP contribution in [0, 0.1) is 24.4 Å². The average Bonchev–Trinajstić information content (AvgIpc) is 3.02. The Morgan fingerprint density at radius 2 is 1.81 bits per heavy atom. The molecule has 0 unspecified atom stereocenters. The van der Waals surface area contributed by atoms with Crippen molar-refractivity contribution in [2.45, 2.75) is 13.5 Å². The van der Waals surface area contributed by atoms with Gasteiger partial charge in [-0.2, -0.15) is 23.1 Å². The van der Waals surface area contributed by atoms with Crippen molar-refractivity contribution in [1.82, 2.24) is 19.5 Å².